The average molecular weight is 405 g/mol. The summed E-state index contributed by atoms with van der Waals surface area (Å²) in [5.74, 6) is 8.76. The highest BCUT2D eigenvalue weighted by atomic mass is 16.5. The van der Waals surface area contributed by atoms with E-state index in [1.165, 1.54) is 0 Å². The molecule has 0 aromatic carbocycles. The highest BCUT2D eigenvalue weighted by Gasteiger charge is 2.03. The van der Waals surface area contributed by atoms with E-state index in [0.717, 1.165) is 13.0 Å². The molecule has 0 fully saturated rings. The predicted octanol–water partition coefficient (Wildman–Crippen LogP) is 8.57. The van der Waals surface area contributed by atoms with E-state index in [9.17, 15) is 0 Å². The normalized spacial score (nSPS) is 11.2. The van der Waals surface area contributed by atoms with Crippen LogP contribution in [0.4, 0.5) is 0 Å². The van der Waals surface area contributed by atoms with Crippen molar-refractivity contribution in [3.63, 3.8) is 0 Å². The molecule has 0 aromatic heterocycles. The fourth-order valence-corrected chi connectivity index (χ4v) is 0.851. The molecule has 0 rings (SSSR count). The van der Waals surface area contributed by atoms with Gasteiger partial charge in [-0.05, 0) is 52.4 Å². The average Bonchev–Trinajstić information content (AvgIpc) is 2.52. The fraction of sp³-hybridized carbons (Fsp3) is 0.714. The molecule has 0 saturated carbocycles. The topological polar surface area (TPSA) is 9.23 Å². The summed E-state index contributed by atoms with van der Waals surface area (Å²) in [4.78, 5) is 0. The van der Waals surface area contributed by atoms with Gasteiger partial charge in [0.1, 0.15) is 0 Å². The monoisotopic (exact) mass is 404 g/mol. The molecule has 0 spiro atoms. The molecule has 0 unspecified atom stereocenters. The van der Waals surface area contributed by atoms with E-state index in [1.807, 2.05) is 32.9 Å². The SMILES string of the molecule is C#CC(C)(C)C.C=CC(C)(C)C.CCC#CC(C)(C)C.COC/C=C/C(C)(C)C. The summed E-state index contributed by atoms with van der Waals surface area (Å²) in [5.41, 5.74) is 0.856. The molecule has 0 aromatic rings. The maximum absolute atomic E-state index is 5.06. The Balaban J connectivity index is -0.000000146. The molecule has 1 heteroatoms. The number of terminal acetylenes is 1. The van der Waals surface area contributed by atoms with Gasteiger partial charge in [0.05, 0.1) is 6.61 Å². The van der Waals surface area contributed by atoms with E-state index in [2.05, 4.69) is 99.7 Å². The Hall–Kier alpha value is -1.44. The molecular weight excluding hydrogens is 352 g/mol. The Morgan fingerprint density at radius 1 is 0.828 bits per heavy atom. The number of allylic oxidation sites excluding steroid dienone is 2. The van der Waals surface area contributed by atoms with Crippen molar-refractivity contribution in [3.8, 4) is 24.2 Å². The molecular formula is C28H52O. The molecule has 0 aliphatic carbocycles. The van der Waals surface area contributed by atoms with Gasteiger partial charge in [0, 0.05) is 24.4 Å². The highest BCUT2D eigenvalue weighted by Crippen LogP contribution is 2.14. The van der Waals surface area contributed by atoms with Crippen LogP contribution in [0.2, 0.25) is 0 Å². The minimum absolute atomic E-state index is 0.0694. The van der Waals surface area contributed by atoms with Crippen molar-refractivity contribution in [1.82, 2.24) is 0 Å². The van der Waals surface area contributed by atoms with Crippen molar-refractivity contribution < 1.29 is 4.74 Å². The highest BCUT2D eigenvalue weighted by molar-refractivity contribution is 5.06. The van der Waals surface area contributed by atoms with Crippen LogP contribution in [0, 0.1) is 45.8 Å². The maximum Gasteiger partial charge on any atom is 0.0643 e. The molecule has 0 radical (unpaired) electrons. The zero-order valence-corrected chi connectivity index (χ0v) is 22.3. The van der Waals surface area contributed by atoms with Crippen LogP contribution in [0.15, 0.2) is 24.8 Å². The second kappa shape index (κ2) is 17.4. The number of hydrogen-bond acceptors (Lipinski definition) is 1. The second-order valence-corrected chi connectivity index (χ2v) is 11.1. The van der Waals surface area contributed by atoms with E-state index in [1.54, 1.807) is 7.11 Å². The summed E-state index contributed by atoms with van der Waals surface area (Å²) in [7, 11) is 1.70. The zero-order valence-electron chi connectivity index (χ0n) is 22.3. The third-order valence-electron chi connectivity index (χ3n) is 2.57. The van der Waals surface area contributed by atoms with Crippen molar-refractivity contribution in [1.29, 1.82) is 0 Å². The predicted molar refractivity (Wildman–Crippen MR) is 136 cm³/mol. The fourth-order valence-electron chi connectivity index (χ4n) is 0.851. The maximum atomic E-state index is 5.06. The minimum atomic E-state index is 0.0694. The summed E-state index contributed by atoms with van der Waals surface area (Å²) in [6.07, 6.45) is 12.2. The molecule has 170 valence electrons. The molecule has 0 atom stereocenters. The Labute approximate surface area is 185 Å². The van der Waals surface area contributed by atoms with Gasteiger partial charge in [-0.25, -0.2) is 0 Å². The molecule has 0 bridgehead atoms. The lowest BCUT2D eigenvalue weighted by Crippen LogP contribution is -1.99. The molecule has 0 aliphatic rings. The lowest BCUT2D eigenvalue weighted by atomic mass is 9.96. The number of ether oxygens (including phenoxy) is 1. The van der Waals surface area contributed by atoms with Crippen molar-refractivity contribution in [2.24, 2.45) is 21.7 Å². The van der Waals surface area contributed by atoms with Crippen molar-refractivity contribution in [2.75, 3.05) is 13.7 Å². The van der Waals surface area contributed by atoms with Crippen LogP contribution in [-0.4, -0.2) is 13.7 Å². The van der Waals surface area contributed by atoms with E-state index in [0.29, 0.717) is 10.8 Å². The van der Waals surface area contributed by atoms with Gasteiger partial charge in [-0.2, -0.15) is 0 Å². The smallest absolute Gasteiger partial charge is 0.0643 e. The molecule has 0 saturated heterocycles. The van der Waals surface area contributed by atoms with Crippen LogP contribution in [0.25, 0.3) is 0 Å². The van der Waals surface area contributed by atoms with Gasteiger partial charge in [0.15, 0.2) is 0 Å². The summed E-state index contributed by atoms with van der Waals surface area (Å²) >= 11 is 0. The van der Waals surface area contributed by atoms with Crippen molar-refractivity contribution >= 4 is 0 Å². The third-order valence-corrected chi connectivity index (χ3v) is 2.57. The Kier molecular flexibility index (Phi) is 21.0. The Bertz CT molecular complexity index is 503. The van der Waals surface area contributed by atoms with Crippen LogP contribution in [-0.2, 0) is 4.74 Å². The van der Waals surface area contributed by atoms with E-state index in [-0.39, 0.29) is 10.8 Å². The molecule has 0 aliphatic heterocycles. The first-order valence-corrected chi connectivity index (χ1v) is 10.5. The summed E-state index contributed by atoms with van der Waals surface area (Å²) in [6, 6.07) is 0. The van der Waals surface area contributed by atoms with Crippen LogP contribution >= 0.6 is 0 Å². The number of rotatable bonds is 2. The van der Waals surface area contributed by atoms with Crippen molar-refractivity contribution in [2.45, 2.75) is 96.4 Å². The Morgan fingerprint density at radius 2 is 1.21 bits per heavy atom. The second-order valence-electron chi connectivity index (χ2n) is 11.1. The van der Waals surface area contributed by atoms with Crippen molar-refractivity contribution in [3.05, 3.63) is 24.8 Å². The zero-order chi connectivity index (χ0) is 24.4. The standard InChI is InChI=1S/C8H16O.C8H14.C6H12.C6H10/c1-8(2,3)6-5-7-9-4;1-5-6-7-8(2,3)4;2*1-5-6(2,3)4/h5-6H,7H2,1-4H3;5H2,1-4H3;5H,1H2,2-4H3;1H,2-4H3/b6-5+;;;. The van der Waals surface area contributed by atoms with Gasteiger partial charge in [-0.1, -0.05) is 72.6 Å². The third kappa shape index (κ3) is 66.2. The van der Waals surface area contributed by atoms with Gasteiger partial charge in [-0.15, -0.1) is 24.8 Å². The summed E-state index contributed by atoms with van der Waals surface area (Å²) in [5, 5.41) is 0. The quantitative estimate of drug-likeness (QED) is 0.331. The Morgan fingerprint density at radius 3 is 1.34 bits per heavy atom. The summed E-state index contributed by atoms with van der Waals surface area (Å²) < 4.78 is 4.85. The van der Waals surface area contributed by atoms with Crippen LogP contribution < -0.4 is 0 Å². The van der Waals surface area contributed by atoms with E-state index in [4.69, 9.17) is 11.2 Å². The van der Waals surface area contributed by atoms with E-state index >= 15 is 0 Å². The lowest BCUT2D eigenvalue weighted by Gasteiger charge is -2.10. The van der Waals surface area contributed by atoms with Gasteiger partial charge < -0.3 is 4.74 Å². The van der Waals surface area contributed by atoms with Gasteiger partial charge in [0.2, 0.25) is 0 Å². The molecule has 0 N–H and O–H groups in total. The first kappa shape index (κ1) is 35.0. The number of methoxy groups -OCH3 is 1. The largest absolute Gasteiger partial charge is 0.381 e. The molecule has 1 nitrogen and oxygen atoms in total. The molecule has 0 heterocycles. The molecule has 29 heavy (non-hydrogen) atoms. The summed E-state index contributed by atoms with van der Waals surface area (Å²) in [6.45, 7) is 31.7. The van der Waals surface area contributed by atoms with Crippen LogP contribution in [0.5, 0.6) is 0 Å². The van der Waals surface area contributed by atoms with Gasteiger partial charge in [0.25, 0.3) is 0 Å². The van der Waals surface area contributed by atoms with E-state index < -0.39 is 0 Å². The first-order chi connectivity index (χ1) is 12.7. The lowest BCUT2D eigenvalue weighted by molar-refractivity contribution is 0.233. The minimum Gasteiger partial charge on any atom is -0.381 e. The van der Waals surface area contributed by atoms with Gasteiger partial charge >= 0.3 is 0 Å². The van der Waals surface area contributed by atoms with Crippen LogP contribution in [0.1, 0.15) is 96.4 Å². The number of hydrogen-bond donors (Lipinski definition) is 0. The van der Waals surface area contributed by atoms with Gasteiger partial charge in [-0.3, -0.25) is 0 Å². The first-order valence-electron chi connectivity index (χ1n) is 10.5. The van der Waals surface area contributed by atoms with Crippen LogP contribution in [0.3, 0.4) is 0 Å². The molecule has 0 amide bonds.